The Morgan fingerprint density at radius 3 is 2.53 bits per heavy atom. The SMILES string of the molecule is CC(C)OCCCn1c(SCc2ccccc2C(F)(F)F)nc2ccccc2c1=O. The minimum absolute atomic E-state index is 0.0585. The number of para-hydroxylation sites is 1. The summed E-state index contributed by atoms with van der Waals surface area (Å²) in [4.78, 5) is 17.6. The van der Waals surface area contributed by atoms with Gasteiger partial charge in [-0.2, -0.15) is 13.2 Å². The van der Waals surface area contributed by atoms with Crippen LogP contribution < -0.4 is 5.56 Å². The van der Waals surface area contributed by atoms with E-state index in [1.807, 2.05) is 13.8 Å². The lowest BCUT2D eigenvalue weighted by atomic mass is 10.1. The number of hydrogen-bond acceptors (Lipinski definition) is 4. The summed E-state index contributed by atoms with van der Waals surface area (Å²) in [6.45, 7) is 4.73. The summed E-state index contributed by atoms with van der Waals surface area (Å²) in [6.07, 6.45) is -3.74. The van der Waals surface area contributed by atoms with Crippen LogP contribution in [0.15, 0.2) is 58.5 Å². The second-order valence-corrected chi connectivity index (χ2v) is 8.03. The number of rotatable bonds is 8. The van der Waals surface area contributed by atoms with Crippen molar-refractivity contribution in [2.24, 2.45) is 0 Å². The Balaban J connectivity index is 1.90. The standard InChI is InChI=1S/C22H23F3N2O2S/c1-15(2)29-13-7-12-27-20(28)17-9-4-6-11-19(17)26-21(27)30-14-16-8-3-5-10-18(16)22(23,24)25/h3-6,8-11,15H,7,12-14H2,1-2H3. The maximum absolute atomic E-state index is 13.3. The van der Waals surface area contributed by atoms with Gasteiger partial charge in [0.05, 0.1) is 22.6 Å². The largest absolute Gasteiger partial charge is 0.416 e. The van der Waals surface area contributed by atoms with Crippen LogP contribution in [0.3, 0.4) is 0 Å². The van der Waals surface area contributed by atoms with E-state index in [1.165, 1.54) is 16.7 Å². The van der Waals surface area contributed by atoms with E-state index in [2.05, 4.69) is 4.98 Å². The third-order valence-corrected chi connectivity index (χ3v) is 5.51. The fourth-order valence-corrected chi connectivity index (χ4v) is 4.09. The summed E-state index contributed by atoms with van der Waals surface area (Å²) in [5, 5.41) is 0.891. The van der Waals surface area contributed by atoms with Crippen LogP contribution in [0.2, 0.25) is 0 Å². The van der Waals surface area contributed by atoms with Crippen molar-refractivity contribution < 1.29 is 17.9 Å². The molecule has 3 rings (SSSR count). The highest BCUT2D eigenvalue weighted by atomic mass is 32.2. The Labute approximate surface area is 177 Å². The van der Waals surface area contributed by atoms with E-state index >= 15 is 0 Å². The van der Waals surface area contributed by atoms with Gasteiger partial charge in [-0.15, -0.1) is 0 Å². The molecule has 0 atom stereocenters. The summed E-state index contributed by atoms with van der Waals surface area (Å²) in [5.41, 5.74) is -0.176. The van der Waals surface area contributed by atoms with Gasteiger partial charge >= 0.3 is 6.18 Å². The average Bonchev–Trinajstić information content (AvgIpc) is 2.70. The molecule has 3 aromatic rings. The molecule has 0 saturated heterocycles. The van der Waals surface area contributed by atoms with E-state index < -0.39 is 11.7 Å². The molecule has 8 heteroatoms. The number of fused-ring (bicyclic) bond motifs is 1. The van der Waals surface area contributed by atoms with Crippen molar-refractivity contribution in [3.8, 4) is 0 Å². The Bertz CT molecular complexity index is 1060. The van der Waals surface area contributed by atoms with Gasteiger partial charge in [-0.1, -0.05) is 42.1 Å². The number of benzene rings is 2. The van der Waals surface area contributed by atoms with Crippen LogP contribution in [-0.2, 0) is 23.2 Å². The molecule has 0 saturated carbocycles. The van der Waals surface area contributed by atoms with Crippen LogP contribution >= 0.6 is 11.8 Å². The van der Waals surface area contributed by atoms with Gasteiger partial charge < -0.3 is 4.74 Å². The van der Waals surface area contributed by atoms with Gasteiger partial charge in [-0.25, -0.2) is 4.98 Å². The van der Waals surface area contributed by atoms with E-state index in [9.17, 15) is 18.0 Å². The van der Waals surface area contributed by atoms with Gasteiger partial charge in [-0.3, -0.25) is 9.36 Å². The predicted octanol–water partition coefficient (Wildman–Crippen LogP) is 5.52. The Kier molecular flexibility index (Phi) is 7.20. The molecule has 0 N–H and O–H groups in total. The molecular weight excluding hydrogens is 413 g/mol. The minimum Gasteiger partial charge on any atom is -0.379 e. The molecule has 1 heterocycles. The number of ether oxygens (including phenoxy) is 1. The van der Waals surface area contributed by atoms with Crippen molar-refractivity contribution in [1.82, 2.24) is 9.55 Å². The lowest BCUT2D eigenvalue weighted by Gasteiger charge is -2.15. The highest BCUT2D eigenvalue weighted by molar-refractivity contribution is 7.98. The fraction of sp³-hybridized carbons (Fsp3) is 0.364. The Hall–Kier alpha value is -2.32. The first-order valence-electron chi connectivity index (χ1n) is 9.66. The topological polar surface area (TPSA) is 44.1 Å². The number of alkyl halides is 3. The molecule has 0 aliphatic carbocycles. The number of hydrogen-bond donors (Lipinski definition) is 0. The van der Waals surface area contributed by atoms with E-state index in [-0.39, 0.29) is 23.0 Å². The van der Waals surface area contributed by atoms with Gasteiger partial charge in [0.15, 0.2) is 5.16 Å². The minimum atomic E-state index is -4.43. The smallest absolute Gasteiger partial charge is 0.379 e. The fourth-order valence-electron chi connectivity index (χ4n) is 3.06. The van der Waals surface area contributed by atoms with Gasteiger partial charge in [0.2, 0.25) is 0 Å². The third-order valence-electron chi connectivity index (χ3n) is 4.48. The third kappa shape index (κ3) is 5.43. The van der Waals surface area contributed by atoms with Gasteiger partial charge in [0.25, 0.3) is 5.56 Å². The zero-order valence-corrected chi connectivity index (χ0v) is 17.6. The van der Waals surface area contributed by atoms with Gasteiger partial charge in [0.1, 0.15) is 0 Å². The summed E-state index contributed by atoms with van der Waals surface area (Å²) in [6, 6.07) is 12.5. The molecule has 0 aliphatic heterocycles. The highest BCUT2D eigenvalue weighted by Gasteiger charge is 2.32. The van der Waals surface area contributed by atoms with E-state index in [0.29, 0.717) is 35.6 Å². The second-order valence-electron chi connectivity index (χ2n) is 7.08. The second kappa shape index (κ2) is 9.66. The van der Waals surface area contributed by atoms with Crippen LogP contribution in [0.5, 0.6) is 0 Å². The summed E-state index contributed by atoms with van der Waals surface area (Å²) >= 11 is 1.13. The molecule has 30 heavy (non-hydrogen) atoms. The van der Waals surface area contributed by atoms with Gasteiger partial charge in [0, 0.05) is 18.9 Å². The molecule has 0 unspecified atom stereocenters. The van der Waals surface area contributed by atoms with E-state index in [4.69, 9.17) is 4.74 Å². The maximum Gasteiger partial charge on any atom is 0.416 e. The summed E-state index contributed by atoms with van der Waals surface area (Å²) < 4.78 is 47.0. The lowest BCUT2D eigenvalue weighted by molar-refractivity contribution is -0.138. The molecule has 4 nitrogen and oxygen atoms in total. The van der Waals surface area contributed by atoms with E-state index in [1.54, 1.807) is 30.3 Å². The monoisotopic (exact) mass is 436 g/mol. The van der Waals surface area contributed by atoms with Crippen molar-refractivity contribution >= 4 is 22.7 Å². The molecule has 0 aliphatic rings. The predicted molar refractivity (Wildman–Crippen MR) is 113 cm³/mol. The molecule has 1 aromatic heterocycles. The van der Waals surface area contributed by atoms with Crippen LogP contribution in [0.25, 0.3) is 10.9 Å². The molecule has 160 valence electrons. The number of thioether (sulfide) groups is 1. The maximum atomic E-state index is 13.3. The molecule has 2 aromatic carbocycles. The summed E-state index contributed by atoms with van der Waals surface area (Å²) in [7, 11) is 0. The Morgan fingerprint density at radius 1 is 1.10 bits per heavy atom. The average molecular weight is 436 g/mol. The first-order valence-corrected chi connectivity index (χ1v) is 10.6. The molecule has 0 radical (unpaired) electrons. The van der Waals surface area contributed by atoms with Crippen molar-refractivity contribution in [3.63, 3.8) is 0 Å². The lowest BCUT2D eigenvalue weighted by Crippen LogP contribution is -2.24. The Morgan fingerprint density at radius 2 is 1.80 bits per heavy atom. The van der Waals surface area contributed by atoms with Crippen LogP contribution in [0.4, 0.5) is 13.2 Å². The zero-order chi connectivity index (χ0) is 21.7. The number of halogens is 3. The van der Waals surface area contributed by atoms with Crippen LogP contribution in [0, 0.1) is 0 Å². The number of nitrogens with zero attached hydrogens (tertiary/aromatic N) is 2. The van der Waals surface area contributed by atoms with Crippen molar-refractivity contribution in [3.05, 3.63) is 70.0 Å². The molecule has 0 fully saturated rings. The van der Waals surface area contributed by atoms with Gasteiger partial charge in [-0.05, 0) is 44.0 Å². The zero-order valence-electron chi connectivity index (χ0n) is 16.8. The van der Waals surface area contributed by atoms with Crippen LogP contribution in [0.1, 0.15) is 31.4 Å². The summed E-state index contributed by atoms with van der Waals surface area (Å²) in [5.74, 6) is 0.0585. The normalized spacial score (nSPS) is 12.1. The first kappa shape index (κ1) is 22.4. The number of aromatic nitrogens is 2. The van der Waals surface area contributed by atoms with Crippen molar-refractivity contribution in [1.29, 1.82) is 0 Å². The van der Waals surface area contributed by atoms with E-state index in [0.717, 1.165) is 17.8 Å². The van der Waals surface area contributed by atoms with Crippen molar-refractivity contribution in [2.75, 3.05) is 6.61 Å². The molecule has 0 bridgehead atoms. The molecule has 0 amide bonds. The van der Waals surface area contributed by atoms with Crippen molar-refractivity contribution in [2.45, 2.75) is 50.0 Å². The quantitative estimate of drug-likeness (QED) is 0.265. The van der Waals surface area contributed by atoms with Crippen LogP contribution in [-0.4, -0.2) is 22.3 Å². The molecular formula is C22H23F3N2O2S. The first-order chi connectivity index (χ1) is 14.3. The highest BCUT2D eigenvalue weighted by Crippen LogP contribution is 2.34. The molecule has 0 spiro atoms.